The van der Waals surface area contributed by atoms with Crippen molar-refractivity contribution in [2.45, 2.75) is 13.8 Å². The summed E-state index contributed by atoms with van der Waals surface area (Å²) in [5.74, 6) is 0. The molecule has 0 radical (unpaired) electrons. The Kier molecular flexibility index (Phi) is 13.5. The van der Waals surface area contributed by atoms with E-state index in [0.29, 0.717) is 0 Å². The molecule has 0 atom stereocenters. The van der Waals surface area contributed by atoms with Crippen LogP contribution in [-0.4, -0.2) is 31.0 Å². The van der Waals surface area contributed by atoms with Gasteiger partial charge in [0.15, 0.2) is 0 Å². The summed E-state index contributed by atoms with van der Waals surface area (Å²) in [7, 11) is 5.04. The smallest absolute Gasteiger partial charge is 0.0979 e. The Morgan fingerprint density at radius 3 is 1.00 bits per heavy atom. The number of rotatable bonds is 0. The zero-order valence-electron chi connectivity index (χ0n) is 6.60. The van der Waals surface area contributed by atoms with Gasteiger partial charge in [-0.25, -0.2) is 5.21 Å². The second-order valence-corrected chi connectivity index (χ2v) is 1.94. The zero-order chi connectivity index (χ0) is 6.50. The van der Waals surface area contributed by atoms with Gasteiger partial charge in [0.25, 0.3) is 0 Å². The highest BCUT2D eigenvalue weighted by Gasteiger charge is 1.92. The molecule has 0 aromatic rings. The first-order valence-corrected chi connectivity index (χ1v) is 2.54. The van der Waals surface area contributed by atoms with E-state index < -0.39 is 0 Å². The van der Waals surface area contributed by atoms with E-state index in [9.17, 15) is 0 Å². The summed E-state index contributed by atoms with van der Waals surface area (Å²) in [6.07, 6.45) is 0. The molecule has 3 nitrogen and oxygen atoms in total. The first kappa shape index (κ1) is 15.7. The van der Waals surface area contributed by atoms with Gasteiger partial charge >= 0.3 is 0 Å². The third-order valence-corrected chi connectivity index (χ3v) is 0. The lowest BCUT2D eigenvalue weighted by Gasteiger charge is -2.09. The molecule has 0 aromatic heterocycles. The Hall–Kier alpha value is -0.120. The molecule has 0 spiro atoms. The average Bonchev–Trinajstić information content (AvgIpc) is 1.36. The number of quaternary nitrogens is 1. The second-order valence-electron chi connectivity index (χ2n) is 1.94. The van der Waals surface area contributed by atoms with Crippen molar-refractivity contribution in [1.29, 1.82) is 0 Å². The average molecular weight is 123 g/mol. The second kappa shape index (κ2) is 6.88. The summed E-state index contributed by atoms with van der Waals surface area (Å²) in [4.78, 5) is 0. The number of hydrogen-bond donors (Lipinski definition) is 2. The minimum absolute atomic E-state index is 0. The lowest BCUT2D eigenvalue weighted by atomic mass is 11.0. The molecule has 0 heterocycles. The van der Waals surface area contributed by atoms with Crippen LogP contribution in [0, 0.1) is 0 Å². The van der Waals surface area contributed by atoms with Crippen LogP contribution in [0.1, 0.15) is 13.8 Å². The van der Waals surface area contributed by atoms with Gasteiger partial charge in [0.05, 0.1) is 21.1 Å². The van der Waals surface area contributed by atoms with E-state index in [1.807, 2.05) is 13.8 Å². The van der Waals surface area contributed by atoms with Gasteiger partial charge in [0.2, 0.25) is 0 Å². The van der Waals surface area contributed by atoms with Crippen LogP contribution in [0.4, 0.5) is 0 Å². The Morgan fingerprint density at radius 1 is 1.00 bits per heavy atom. The number of nitrogens with zero attached hydrogens (tertiary/aromatic N) is 1. The highest BCUT2D eigenvalue weighted by atomic mass is 16.5. The molecular weight excluding hydrogens is 104 g/mol. The van der Waals surface area contributed by atoms with Crippen molar-refractivity contribution in [3.8, 4) is 0 Å². The Bertz CT molecular complexity index is 25.9. The van der Waals surface area contributed by atoms with Crippen LogP contribution in [0.5, 0.6) is 0 Å². The van der Waals surface area contributed by atoms with Crippen LogP contribution in [0.2, 0.25) is 0 Å². The molecule has 0 amide bonds. The maximum Gasteiger partial charge on any atom is 0.0979 e. The van der Waals surface area contributed by atoms with Gasteiger partial charge in [0.1, 0.15) is 0 Å². The molecule has 0 saturated carbocycles. The number of hydroxylamine groups is 3. The van der Waals surface area contributed by atoms with Crippen molar-refractivity contribution in [1.82, 2.24) is 6.15 Å². The van der Waals surface area contributed by atoms with Crippen molar-refractivity contribution < 1.29 is 9.85 Å². The van der Waals surface area contributed by atoms with E-state index in [1.54, 1.807) is 21.1 Å². The highest BCUT2D eigenvalue weighted by molar-refractivity contribution is 3.72. The van der Waals surface area contributed by atoms with Crippen molar-refractivity contribution in [3.05, 3.63) is 0 Å². The lowest BCUT2D eigenvalue weighted by Crippen LogP contribution is -2.28. The third kappa shape index (κ3) is 9720. The first-order valence-electron chi connectivity index (χ1n) is 2.54. The van der Waals surface area contributed by atoms with Crippen LogP contribution >= 0.6 is 0 Å². The minimum atomic E-state index is 0. The van der Waals surface area contributed by atoms with E-state index in [0.717, 1.165) is 0 Å². The molecule has 3 heteroatoms. The van der Waals surface area contributed by atoms with Crippen molar-refractivity contribution in [2.75, 3.05) is 21.1 Å². The summed E-state index contributed by atoms with van der Waals surface area (Å²) in [5.41, 5.74) is 0. The van der Waals surface area contributed by atoms with Crippen LogP contribution < -0.4 is 6.15 Å². The molecule has 0 saturated heterocycles. The van der Waals surface area contributed by atoms with Gasteiger partial charge in [-0.3, -0.25) is 0 Å². The monoisotopic (exact) mass is 123 g/mol. The summed E-state index contributed by atoms with van der Waals surface area (Å²) in [5, 5.41) is 8.46. The van der Waals surface area contributed by atoms with E-state index in [4.69, 9.17) is 5.21 Å². The van der Waals surface area contributed by atoms with Crippen LogP contribution in [0.25, 0.3) is 0 Å². The van der Waals surface area contributed by atoms with Gasteiger partial charge in [-0.1, -0.05) is 13.8 Å². The quantitative estimate of drug-likeness (QED) is 0.376. The Labute approximate surface area is 52.1 Å². The minimum Gasteiger partial charge on any atom is -0.344 e. The SMILES string of the molecule is CC.C[N+](C)(C)O.N. The summed E-state index contributed by atoms with van der Waals surface area (Å²) in [6, 6.07) is 0. The fourth-order valence-corrected chi connectivity index (χ4v) is 0. The molecule has 0 fully saturated rings. The van der Waals surface area contributed by atoms with Gasteiger partial charge in [-0.2, -0.15) is 4.65 Å². The molecule has 0 rings (SSSR count). The fourth-order valence-electron chi connectivity index (χ4n) is 0. The highest BCUT2D eigenvalue weighted by Crippen LogP contribution is 1.72. The predicted octanol–water partition coefficient (Wildman–Crippen LogP) is 1.27. The van der Waals surface area contributed by atoms with Gasteiger partial charge in [0, 0.05) is 0 Å². The van der Waals surface area contributed by atoms with Gasteiger partial charge < -0.3 is 6.15 Å². The van der Waals surface area contributed by atoms with Crippen LogP contribution in [0.15, 0.2) is 0 Å². The first-order chi connectivity index (χ1) is 3.00. The molecule has 0 aromatic carbocycles. The van der Waals surface area contributed by atoms with Gasteiger partial charge in [-0.15, -0.1) is 0 Å². The van der Waals surface area contributed by atoms with Gasteiger partial charge in [-0.05, 0) is 0 Å². The molecule has 54 valence electrons. The summed E-state index contributed by atoms with van der Waals surface area (Å²) < 4.78 is 0. The van der Waals surface area contributed by atoms with E-state index in [2.05, 4.69) is 0 Å². The topological polar surface area (TPSA) is 55.2 Å². The van der Waals surface area contributed by atoms with Crippen LogP contribution in [0.3, 0.4) is 0 Å². The maximum atomic E-state index is 8.46. The maximum absolute atomic E-state index is 8.46. The summed E-state index contributed by atoms with van der Waals surface area (Å²) >= 11 is 0. The standard InChI is InChI=1S/C3H10NO.C2H6.H3N/c1-4(2,3)5;1-2;/h5H,1-3H3;1-2H3;1H3/q+1;;. The Morgan fingerprint density at radius 2 is 1.00 bits per heavy atom. The van der Waals surface area contributed by atoms with Crippen molar-refractivity contribution >= 4 is 0 Å². The molecule has 4 N–H and O–H groups in total. The molecule has 8 heavy (non-hydrogen) atoms. The lowest BCUT2D eigenvalue weighted by molar-refractivity contribution is -1.06. The van der Waals surface area contributed by atoms with Crippen molar-refractivity contribution in [2.24, 2.45) is 0 Å². The number of hydrogen-bond acceptors (Lipinski definition) is 2. The normalized spacial score (nSPS) is 8.25. The van der Waals surface area contributed by atoms with E-state index in [-0.39, 0.29) is 10.8 Å². The molecule has 0 bridgehead atoms. The molecule has 0 aliphatic rings. The zero-order valence-corrected chi connectivity index (χ0v) is 6.60. The van der Waals surface area contributed by atoms with Crippen molar-refractivity contribution in [3.63, 3.8) is 0 Å². The van der Waals surface area contributed by atoms with E-state index >= 15 is 0 Å². The third-order valence-electron chi connectivity index (χ3n) is 0. The Balaban J connectivity index is -0.0000000750. The summed E-state index contributed by atoms with van der Waals surface area (Å²) in [6.45, 7) is 4.00. The van der Waals surface area contributed by atoms with Crippen LogP contribution in [-0.2, 0) is 0 Å². The van der Waals surface area contributed by atoms with E-state index in [1.165, 1.54) is 0 Å². The largest absolute Gasteiger partial charge is 0.344 e. The molecule has 0 aliphatic heterocycles. The molecule has 0 unspecified atom stereocenters. The predicted molar refractivity (Wildman–Crippen MR) is 36.2 cm³/mol. The molecule has 0 aliphatic carbocycles. The fraction of sp³-hybridized carbons (Fsp3) is 1.00. The molecular formula is C5H19N2O+.